The standard InChI is InChI=1S/C71H118O6/c1-4-7-10-13-16-19-22-24-26-27-28-29-30-31-32-33-34-35-36-37-38-39-40-41-42-43-44-45-46-48-49-52-55-58-61-64-70(73)76-67-68(66-75-69(72)63-60-57-54-51-21-18-15-12-9-6-3)77-71(74)65-62-59-56-53-50-47-25-23-20-17-14-11-8-5-2/h7,10,12,14-17,19,23-26,28-29,31-32,34-35,37-38,68H,4-6,8-9,11,13,18,20-22,27,30,33,36,39-67H2,1-3H3/b10-7-,15-12-,17-14-,19-16-,25-23-,26-24-,29-28-,32-31-,35-34-,38-37-. The van der Waals surface area contributed by atoms with Crippen LogP contribution in [0.15, 0.2) is 122 Å². The quantitative estimate of drug-likeness (QED) is 0.0261. The molecule has 1 atom stereocenters. The van der Waals surface area contributed by atoms with Crippen LogP contribution >= 0.6 is 0 Å². The van der Waals surface area contributed by atoms with Gasteiger partial charge in [0.05, 0.1) is 0 Å². The Morgan fingerprint density at radius 1 is 0.273 bits per heavy atom. The zero-order chi connectivity index (χ0) is 55.7. The fourth-order valence-electron chi connectivity index (χ4n) is 8.62. The van der Waals surface area contributed by atoms with Crippen molar-refractivity contribution in [3.63, 3.8) is 0 Å². The third-order valence-electron chi connectivity index (χ3n) is 13.4. The Labute approximate surface area is 475 Å². The van der Waals surface area contributed by atoms with Gasteiger partial charge in [0.2, 0.25) is 0 Å². The topological polar surface area (TPSA) is 78.9 Å². The summed E-state index contributed by atoms with van der Waals surface area (Å²) in [5, 5.41) is 0. The number of hydrogen-bond acceptors (Lipinski definition) is 6. The molecule has 0 aromatic heterocycles. The fourth-order valence-corrected chi connectivity index (χ4v) is 8.62. The highest BCUT2D eigenvalue weighted by Crippen LogP contribution is 2.16. The highest BCUT2D eigenvalue weighted by molar-refractivity contribution is 5.71. The highest BCUT2D eigenvalue weighted by atomic mass is 16.6. The first kappa shape index (κ1) is 72.8. The predicted octanol–water partition coefficient (Wildman–Crippen LogP) is 22.0. The summed E-state index contributed by atoms with van der Waals surface area (Å²) >= 11 is 0. The normalized spacial score (nSPS) is 12.9. The average molecular weight is 1070 g/mol. The van der Waals surface area contributed by atoms with Crippen molar-refractivity contribution in [1.82, 2.24) is 0 Å². The Morgan fingerprint density at radius 2 is 0.532 bits per heavy atom. The molecule has 0 fully saturated rings. The molecule has 438 valence electrons. The number of carbonyl (C=O) groups excluding carboxylic acids is 3. The Morgan fingerprint density at radius 3 is 0.857 bits per heavy atom. The largest absolute Gasteiger partial charge is 0.462 e. The monoisotopic (exact) mass is 1070 g/mol. The second kappa shape index (κ2) is 64.3. The van der Waals surface area contributed by atoms with Gasteiger partial charge in [-0.2, -0.15) is 0 Å². The molecule has 0 amide bonds. The van der Waals surface area contributed by atoms with Gasteiger partial charge in [0.15, 0.2) is 6.10 Å². The molecule has 0 saturated heterocycles. The van der Waals surface area contributed by atoms with Gasteiger partial charge in [-0.3, -0.25) is 14.4 Å². The molecule has 0 saturated carbocycles. The van der Waals surface area contributed by atoms with Gasteiger partial charge in [-0.15, -0.1) is 0 Å². The van der Waals surface area contributed by atoms with Crippen LogP contribution in [0.5, 0.6) is 0 Å². The van der Waals surface area contributed by atoms with Gasteiger partial charge in [0, 0.05) is 19.3 Å². The highest BCUT2D eigenvalue weighted by Gasteiger charge is 2.19. The van der Waals surface area contributed by atoms with E-state index < -0.39 is 6.10 Å². The number of carbonyl (C=O) groups is 3. The third-order valence-corrected chi connectivity index (χ3v) is 13.4. The van der Waals surface area contributed by atoms with Crippen LogP contribution in [0.3, 0.4) is 0 Å². The second-order valence-corrected chi connectivity index (χ2v) is 20.9. The summed E-state index contributed by atoms with van der Waals surface area (Å²) in [6.45, 7) is 6.41. The summed E-state index contributed by atoms with van der Waals surface area (Å²) in [6, 6.07) is 0. The van der Waals surface area contributed by atoms with Crippen molar-refractivity contribution in [2.75, 3.05) is 13.2 Å². The number of unbranched alkanes of at least 4 members (excludes halogenated alkanes) is 26. The van der Waals surface area contributed by atoms with Crippen LogP contribution in [0, 0.1) is 0 Å². The first-order valence-electron chi connectivity index (χ1n) is 32.0. The summed E-state index contributed by atoms with van der Waals surface area (Å²) in [5.41, 5.74) is 0. The molecule has 6 nitrogen and oxygen atoms in total. The molecule has 0 bridgehead atoms. The number of ether oxygens (including phenoxy) is 3. The zero-order valence-electron chi connectivity index (χ0n) is 50.2. The number of rotatable bonds is 57. The van der Waals surface area contributed by atoms with E-state index in [1.165, 1.54) is 103 Å². The SMILES string of the molecule is CC/C=C\C/C=C\C/C=C\C/C=C\C/C=C\C/C=C\C/C=C\CCCCCCCCCCCCCCCC(=O)OCC(COC(=O)CCCCCCC/C=C\CCC)OC(=O)CCCCCCC/C=C\C/C=C\CCCC. The first-order chi connectivity index (χ1) is 38.0. The number of allylic oxidation sites excluding steroid dienone is 20. The lowest BCUT2D eigenvalue weighted by atomic mass is 10.0. The third kappa shape index (κ3) is 62.5. The molecule has 0 N–H and O–H groups in total. The molecular formula is C71H118O6. The van der Waals surface area contributed by atoms with E-state index in [9.17, 15) is 14.4 Å². The van der Waals surface area contributed by atoms with Gasteiger partial charge in [0.25, 0.3) is 0 Å². The lowest BCUT2D eigenvalue weighted by Gasteiger charge is -2.18. The maximum absolute atomic E-state index is 12.8. The summed E-state index contributed by atoms with van der Waals surface area (Å²) in [6.07, 6.45) is 89.4. The maximum Gasteiger partial charge on any atom is 0.306 e. The second-order valence-electron chi connectivity index (χ2n) is 20.9. The minimum absolute atomic E-state index is 0.0870. The molecule has 6 heteroatoms. The predicted molar refractivity (Wildman–Crippen MR) is 334 cm³/mol. The molecule has 0 aromatic carbocycles. The average Bonchev–Trinajstić information content (AvgIpc) is 3.43. The van der Waals surface area contributed by atoms with Crippen molar-refractivity contribution < 1.29 is 28.6 Å². The van der Waals surface area contributed by atoms with Gasteiger partial charge in [-0.1, -0.05) is 271 Å². The van der Waals surface area contributed by atoms with Crippen molar-refractivity contribution in [3.8, 4) is 0 Å². The van der Waals surface area contributed by atoms with Crippen LogP contribution in [0.1, 0.15) is 290 Å². The van der Waals surface area contributed by atoms with Gasteiger partial charge in [0.1, 0.15) is 13.2 Å². The smallest absolute Gasteiger partial charge is 0.306 e. The van der Waals surface area contributed by atoms with Crippen LogP contribution in [0.4, 0.5) is 0 Å². The Bertz CT molecular complexity index is 1600. The van der Waals surface area contributed by atoms with E-state index in [4.69, 9.17) is 14.2 Å². The van der Waals surface area contributed by atoms with Gasteiger partial charge < -0.3 is 14.2 Å². The Balaban J connectivity index is 4.12. The molecule has 0 rings (SSSR count). The van der Waals surface area contributed by atoms with Crippen molar-refractivity contribution >= 4 is 17.9 Å². The van der Waals surface area contributed by atoms with E-state index in [-0.39, 0.29) is 31.1 Å². The maximum atomic E-state index is 12.8. The molecule has 0 aliphatic rings. The lowest BCUT2D eigenvalue weighted by Crippen LogP contribution is -2.30. The van der Waals surface area contributed by atoms with Gasteiger partial charge in [-0.05, 0) is 122 Å². The van der Waals surface area contributed by atoms with Gasteiger partial charge in [-0.25, -0.2) is 0 Å². The molecule has 0 aliphatic carbocycles. The van der Waals surface area contributed by atoms with E-state index in [2.05, 4.69) is 142 Å². The summed E-state index contributed by atoms with van der Waals surface area (Å²) < 4.78 is 16.8. The van der Waals surface area contributed by atoms with E-state index in [0.29, 0.717) is 19.3 Å². The van der Waals surface area contributed by atoms with Crippen LogP contribution < -0.4 is 0 Å². The van der Waals surface area contributed by atoms with Crippen molar-refractivity contribution in [3.05, 3.63) is 122 Å². The van der Waals surface area contributed by atoms with Crippen LogP contribution in [-0.4, -0.2) is 37.2 Å². The van der Waals surface area contributed by atoms with Crippen molar-refractivity contribution in [2.24, 2.45) is 0 Å². The zero-order valence-corrected chi connectivity index (χ0v) is 50.2. The Hall–Kier alpha value is -4.19. The molecule has 0 aliphatic heterocycles. The summed E-state index contributed by atoms with van der Waals surface area (Å²) in [7, 11) is 0. The lowest BCUT2D eigenvalue weighted by molar-refractivity contribution is -0.167. The number of hydrogen-bond donors (Lipinski definition) is 0. The minimum atomic E-state index is -0.789. The number of esters is 3. The molecule has 1 unspecified atom stereocenters. The molecule has 0 aromatic rings. The molecule has 0 radical (unpaired) electrons. The molecule has 77 heavy (non-hydrogen) atoms. The molecular weight excluding hydrogens is 949 g/mol. The van der Waals surface area contributed by atoms with E-state index in [1.54, 1.807) is 0 Å². The fraction of sp³-hybridized carbons (Fsp3) is 0.676. The minimum Gasteiger partial charge on any atom is -0.462 e. The van der Waals surface area contributed by atoms with E-state index in [1.807, 2.05) is 0 Å². The van der Waals surface area contributed by atoms with E-state index in [0.717, 1.165) is 148 Å². The van der Waals surface area contributed by atoms with Gasteiger partial charge >= 0.3 is 17.9 Å². The Kier molecular flexibility index (Phi) is 60.8. The van der Waals surface area contributed by atoms with Crippen molar-refractivity contribution in [1.29, 1.82) is 0 Å². The van der Waals surface area contributed by atoms with Crippen molar-refractivity contribution in [2.45, 2.75) is 297 Å². The van der Waals surface area contributed by atoms with Crippen LogP contribution in [0.2, 0.25) is 0 Å². The van der Waals surface area contributed by atoms with E-state index >= 15 is 0 Å². The van der Waals surface area contributed by atoms with Crippen LogP contribution in [0.25, 0.3) is 0 Å². The molecule has 0 spiro atoms. The molecule has 0 heterocycles. The van der Waals surface area contributed by atoms with Crippen LogP contribution in [-0.2, 0) is 28.6 Å². The first-order valence-corrected chi connectivity index (χ1v) is 32.0. The summed E-state index contributed by atoms with van der Waals surface area (Å²) in [4.78, 5) is 38.1. The summed E-state index contributed by atoms with van der Waals surface area (Å²) in [5.74, 6) is -0.911.